The Hall–Kier alpha value is -3.08. The summed E-state index contributed by atoms with van der Waals surface area (Å²) in [5.41, 5.74) is 2.24. The van der Waals surface area contributed by atoms with E-state index >= 15 is 0 Å². The fourth-order valence-corrected chi connectivity index (χ4v) is 4.48. The highest BCUT2D eigenvalue weighted by Crippen LogP contribution is 2.22. The first kappa shape index (κ1) is 19.9. The lowest BCUT2D eigenvalue weighted by molar-refractivity contribution is 0.0793. The Labute approximate surface area is 190 Å². The van der Waals surface area contributed by atoms with Gasteiger partial charge in [0.25, 0.3) is 11.5 Å². The van der Waals surface area contributed by atoms with Crippen LogP contribution >= 0.6 is 22.6 Å². The van der Waals surface area contributed by atoms with Crippen LogP contribution in [0.15, 0.2) is 59.5 Å². The van der Waals surface area contributed by atoms with Crippen molar-refractivity contribution < 1.29 is 9.18 Å². The Balaban J connectivity index is 1.42. The molecular weight excluding hydrogens is 512 g/mol. The molecule has 9 heteroatoms. The van der Waals surface area contributed by atoms with Crippen LogP contribution in [0, 0.1) is 5.82 Å². The SMILES string of the molecule is O=C(c1ccc(-n2cc(-c3cc4cc(F)ccc4[nH]c3=O)nn2)cc1)N1CC[C@@H](I)C1. The average Bonchev–Trinajstić information content (AvgIpc) is 3.43. The summed E-state index contributed by atoms with van der Waals surface area (Å²) < 4.78 is 15.6. The molecule has 1 fully saturated rings. The minimum absolute atomic E-state index is 0.0277. The molecule has 1 saturated heterocycles. The number of nitrogens with zero attached hydrogens (tertiary/aromatic N) is 4. The zero-order valence-corrected chi connectivity index (χ0v) is 18.4. The molecule has 0 bridgehead atoms. The van der Waals surface area contributed by atoms with Gasteiger partial charge < -0.3 is 9.88 Å². The number of rotatable bonds is 3. The molecule has 0 saturated carbocycles. The number of benzene rings is 2. The number of nitrogens with one attached hydrogen (secondary N) is 1. The van der Waals surface area contributed by atoms with E-state index in [2.05, 4.69) is 37.9 Å². The Morgan fingerprint density at radius 2 is 1.97 bits per heavy atom. The molecule has 1 aliphatic rings. The number of aromatic nitrogens is 4. The van der Waals surface area contributed by atoms with Crippen LogP contribution in [-0.2, 0) is 0 Å². The van der Waals surface area contributed by atoms with Crippen molar-refractivity contribution >= 4 is 39.4 Å². The molecule has 1 amide bonds. The molecule has 5 rings (SSSR count). The number of pyridine rings is 1. The average molecular weight is 529 g/mol. The Morgan fingerprint density at radius 3 is 2.71 bits per heavy atom. The summed E-state index contributed by atoms with van der Waals surface area (Å²) in [6.07, 6.45) is 2.65. The Bertz CT molecular complexity index is 1350. The monoisotopic (exact) mass is 529 g/mol. The van der Waals surface area contributed by atoms with Gasteiger partial charge in [-0.3, -0.25) is 9.59 Å². The number of alkyl halides is 1. The number of hydrogen-bond acceptors (Lipinski definition) is 4. The van der Waals surface area contributed by atoms with Gasteiger partial charge in [0, 0.05) is 33.5 Å². The van der Waals surface area contributed by atoms with Crippen LogP contribution in [0.25, 0.3) is 27.8 Å². The maximum absolute atomic E-state index is 13.6. The number of amides is 1. The summed E-state index contributed by atoms with van der Waals surface area (Å²) >= 11 is 2.37. The van der Waals surface area contributed by atoms with Crippen molar-refractivity contribution in [2.24, 2.45) is 0 Å². The van der Waals surface area contributed by atoms with Crippen molar-refractivity contribution in [3.8, 4) is 16.9 Å². The molecule has 1 atom stereocenters. The molecular formula is C22H17FIN5O2. The van der Waals surface area contributed by atoms with Crippen LogP contribution in [0.4, 0.5) is 4.39 Å². The van der Waals surface area contributed by atoms with E-state index in [9.17, 15) is 14.0 Å². The standard InChI is InChI=1S/C22H17FIN5O2/c23-15-3-6-19-14(9-15)10-18(21(30)25-19)20-12-29(27-26-20)17-4-1-13(2-5-17)22(31)28-8-7-16(24)11-28/h1-6,9-10,12,16H,7-8,11H2,(H,25,30)/t16-/m1/s1. The van der Waals surface area contributed by atoms with E-state index in [1.54, 1.807) is 36.5 Å². The van der Waals surface area contributed by atoms with Crippen molar-refractivity contribution in [1.82, 2.24) is 24.9 Å². The molecule has 0 radical (unpaired) electrons. The quantitative estimate of drug-likeness (QED) is 0.325. The van der Waals surface area contributed by atoms with Crippen molar-refractivity contribution in [2.75, 3.05) is 13.1 Å². The third-order valence-corrected chi connectivity index (χ3v) is 6.39. The van der Waals surface area contributed by atoms with Gasteiger partial charge in [-0.1, -0.05) is 27.8 Å². The van der Waals surface area contributed by atoms with Gasteiger partial charge in [-0.05, 0) is 55.0 Å². The van der Waals surface area contributed by atoms with Gasteiger partial charge >= 0.3 is 0 Å². The number of halogens is 2. The summed E-state index contributed by atoms with van der Waals surface area (Å²) in [7, 11) is 0. The van der Waals surface area contributed by atoms with E-state index in [0.29, 0.717) is 37.3 Å². The van der Waals surface area contributed by atoms with Crippen LogP contribution in [0.3, 0.4) is 0 Å². The summed E-state index contributed by atoms with van der Waals surface area (Å²) in [5, 5.41) is 8.78. The van der Waals surface area contributed by atoms with Gasteiger partial charge in [-0.25, -0.2) is 9.07 Å². The number of hydrogen-bond donors (Lipinski definition) is 1. The van der Waals surface area contributed by atoms with Gasteiger partial charge in [-0.2, -0.15) is 0 Å². The van der Waals surface area contributed by atoms with Crippen LogP contribution in [-0.4, -0.2) is 47.8 Å². The topological polar surface area (TPSA) is 83.9 Å². The Morgan fingerprint density at radius 1 is 1.16 bits per heavy atom. The third kappa shape index (κ3) is 3.85. The normalized spacial score (nSPS) is 16.2. The molecule has 7 nitrogen and oxygen atoms in total. The first-order valence-corrected chi connectivity index (χ1v) is 11.0. The second-order valence-electron chi connectivity index (χ2n) is 7.48. The van der Waals surface area contributed by atoms with Crippen molar-refractivity contribution in [3.63, 3.8) is 0 Å². The molecule has 2 aromatic heterocycles. The first-order chi connectivity index (χ1) is 15.0. The van der Waals surface area contributed by atoms with Gasteiger partial charge in [0.2, 0.25) is 0 Å². The lowest BCUT2D eigenvalue weighted by Crippen LogP contribution is -2.28. The van der Waals surface area contributed by atoms with E-state index in [1.807, 2.05) is 4.90 Å². The highest BCUT2D eigenvalue weighted by Gasteiger charge is 2.25. The molecule has 4 aromatic rings. The second kappa shape index (κ2) is 7.88. The molecule has 156 valence electrons. The van der Waals surface area contributed by atoms with E-state index in [4.69, 9.17) is 0 Å². The van der Waals surface area contributed by atoms with Gasteiger partial charge in [0.15, 0.2) is 0 Å². The number of likely N-dealkylation sites (tertiary alicyclic amines) is 1. The van der Waals surface area contributed by atoms with Crippen LogP contribution < -0.4 is 5.56 Å². The predicted octanol–water partition coefficient (Wildman–Crippen LogP) is 3.56. The smallest absolute Gasteiger partial charge is 0.258 e. The van der Waals surface area contributed by atoms with Gasteiger partial charge in [-0.15, -0.1) is 5.10 Å². The number of H-pyrrole nitrogens is 1. The van der Waals surface area contributed by atoms with Crippen LogP contribution in [0.5, 0.6) is 0 Å². The molecule has 0 spiro atoms. The minimum atomic E-state index is -0.383. The predicted molar refractivity (Wildman–Crippen MR) is 123 cm³/mol. The molecule has 2 aromatic carbocycles. The second-order valence-corrected chi connectivity index (χ2v) is 9.24. The zero-order chi connectivity index (χ0) is 21.5. The molecule has 3 heterocycles. The maximum Gasteiger partial charge on any atom is 0.258 e. The number of fused-ring (bicyclic) bond motifs is 1. The first-order valence-electron chi connectivity index (χ1n) is 9.77. The lowest BCUT2D eigenvalue weighted by atomic mass is 10.1. The van der Waals surface area contributed by atoms with E-state index in [1.165, 1.54) is 22.9 Å². The third-order valence-electron chi connectivity index (χ3n) is 5.37. The highest BCUT2D eigenvalue weighted by atomic mass is 127. The van der Waals surface area contributed by atoms with Crippen LogP contribution in [0.2, 0.25) is 0 Å². The minimum Gasteiger partial charge on any atom is -0.338 e. The molecule has 1 N–H and O–H groups in total. The number of carbonyl (C=O) groups excluding carboxylic acids is 1. The lowest BCUT2D eigenvalue weighted by Gasteiger charge is -2.15. The summed E-state index contributed by atoms with van der Waals surface area (Å²) in [6, 6.07) is 12.9. The number of carbonyl (C=O) groups is 1. The molecule has 0 aliphatic carbocycles. The van der Waals surface area contributed by atoms with Crippen molar-refractivity contribution in [2.45, 2.75) is 10.3 Å². The van der Waals surface area contributed by atoms with Crippen molar-refractivity contribution in [3.05, 3.63) is 76.5 Å². The van der Waals surface area contributed by atoms with Crippen molar-refractivity contribution in [1.29, 1.82) is 0 Å². The zero-order valence-electron chi connectivity index (χ0n) is 16.3. The van der Waals surface area contributed by atoms with Gasteiger partial charge in [0.1, 0.15) is 11.5 Å². The van der Waals surface area contributed by atoms with E-state index in [-0.39, 0.29) is 17.3 Å². The summed E-state index contributed by atoms with van der Waals surface area (Å²) in [5.74, 6) is -0.355. The van der Waals surface area contributed by atoms with Gasteiger partial charge in [0.05, 0.1) is 17.4 Å². The van der Waals surface area contributed by atoms with E-state index in [0.717, 1.165) is 19.5 Å². The largest absolute Gasteiger partial charge is 0.338 e. The maximum atomic E-state index is 13.6. The molecule has 0 unspecified atom stereocenters. The number of aromatic amines is 1. The van der Waals surface area contributed by atoms with E-state index < -0.39 is 0 Å². The Kier molecular flexibility index (Phi) is 5.05. The summed E-state index contributed by atoms with van der Waals surface area (Å²) in [4.78, 5) is 29.7. The summed E-state index contributed by atoms with van der Waals surface area (Å²) in [6.45, 7) is 1.56. The fraction of sp³-hybridized carbons (Fsp3) is 0.182. The van der Waals surface area contributed by atoms with Crippen LogP contribution in [0.1, 0.15) is 16.8 Å². The molecule has 1 aliphatic heterocycles. The highest BCUT2D eigenvalue weighted by molar-refractivity contribution is 14.1. The fourth-order valence-electron chi connectivity index (χ4n) is 3.72. The molecule has 31 heavy (non-hydrogen) atoms.